The maximum absolute atomic E-state index is 12.3. The number of rotatable bonds is 5. The molecule has 118 valence electrons. The van der Waals surface area contributed by atoms with E-state index in [1.54, 1.807) is 29.1 Å². The molecule has 0 aliphatic heterocycles. The number of pyridine rings is 1. The monoisotopic (exact) mass is 328 g/mol. The van der Waals surface area contributed by atoms with Gasteiger partial charge in [-0.05, 0) is 24.6 Å². The number of carbonyl (C=O) groups is 1. The number of amides is 1. The van der Waals surface area contributed by atoms with Crippen LogP contribution in [0.2, 0.25) is 0 Å². The highest BCUT2D eigenvalue weighted by atomic mass is 35.5. The van der Waals surface area contributed by atoms with Crippen molar-refractivity contribution in [1.29, 1.82) is 0 Å². The van der Waals surface area contributed by atoms with Crippen LogP contribution in [0.5, 0.6) is 5.75 Å². The second-order valence-corrected chi connectivity index (χ2v) is 4.47. The number of benzene rings is 1. The van der Waals surface area contributed by atoms with Crippen LogP contribution in [0.3, 0.4) is 0 Å². The molecular weight excluding hydrogens is 314 g/mol. The van der Waals surface area contributed by atoms with Gasteiger partial charge in [0.05, 0.1) is 5.69 Å². The summed E-state index contributed by atoms with van der Waals surface area (Å²) in [5, 5.41) is 2.56. The Labute approximate surface area is 133 Å². The predicted octanol–water partition coefficient (Wildman–Crippen LogP) is -0.473. The van der Waals surface area contributed by atoms with Gasteiger partial charge in [-0.3, -0.25) is 4.79 Å². The van der Waals surface area contributed by atoms with E-state index in [2.05, 4.69) is 10.1 Å². The van der Waals surface area contributed by atoms with E-state index < -0.39 is 6.61 Å². The minimum atomic E-state index is -2.94. The Bertz CT molecular complexity index is 621. The average Bonchev–Trinajstić information content (AvgIpc) is 2.43. The third kappa shape index (κ3) is 5.29. The summed E-state index contributed by atoms with van der Waals surface area (Å²) < 4.78 is 30.6. The predicted molar refractivity (Wildman–Crippen MR) is 73.1 cm³/mol. The van der Waals surface area contributed by atoms with Crippen LogP contribution in [-0.2, 0) is 11.3 Å². The largest absolute Gasteiger partial charge is 1.00 e. The third-order valence-electron chi connectivity index (χ3n) is 2.76. The van der Waals surface area contributed by atoms with Crippen LogP contribution in [0.25, 0.3) is 0 Å². The molecule has 0 saturated carbocycles. The molecule has 0 aliphatic carbocycles. The summed E-state index contributed by atoms with van der Waals surface area (Å²) >= 11 is 0. The van der Waals surface area contributed by atoms with Crippen molar-refractivity contribution < 1.29 is 35.3 Å². The van der Waals surface area contributed by atoms with Gasteiger partial charge in [0.1, 0.15) is 5.75 Å². The Hall–Kier alpha value is -2.21. The van der Waals surface area contributed by atoms with Gasteiger partial charge in [-0.25, -0.2) is 0 Å². The van der Waals surface area contributed by atoms with Crippen LogP contribution in [-0.4, -0.2) is 12.5 Å². The molecule has 1 aromatic heterocycles. The Morgan fingerprint density at radius 3 is 2.50 bits per heavy atom. The molecule has 0 saturated heterocycles. The number of hydrogen-bond donors (Lipinski definition) is 1. The first-order valence-electron chi connectivity index (χ1n) is 6.34. The summed E-state index contributed by atoms with van der Waals surface area (Å²) in [6, 6.07) is 9.83. The first-order chi connectivity index (χ1) is 10.0. The second-order valence-electron chi connectivity index (χ2n) is 4.47. The van der Waals surface area contributed by atoms with Gasteiger partial charge >= 0.3 is 6.61 Å². The van der Waals surface area contributed by atoms with E-state index in [9.17, 15) is 13.6 Å². The molecule has 0 aliphatic rings. The highest BCUT2D eigenvalue weighted by Gasteiger charge is 2.14. The van der Waals surface area contributed by atoms with Gasteiger partial charge in [0.15, 0.2) is 12.4 Å². The SMILES string of the molecule is Cc1cc[n+](CC(=O)Nc2ccccc2OC(F)F)cc1.[Cl-]. The van der Waals surface area contributed by atoms with Gasteiger partial charge in [0.2, 0.25) is 6.54 Å². The van der Waals surface area contributed by atoms with Crippen molar-refractivity contribution in [3.05, 3.63) is 54.4 Å². The van der Waals surface area contributed by atoms with Crippen LogP contribution in [0.15, 0.2) is 48.8 Å². The van der Waals surface area contributed by atoms with Gasteiger partial charge in [-0.2, -0.15) is 13.3 Å². The summed E-state index contributed by atoms with van der Waals surface area (Å²) in [4.78, 5) is 11.9. The summed E-state index contributed by atoms with van der Waals surface area (Å²) in [7, 11) is 0. The summed E-state index contributed by atoms with van der Waals surface area (Å²) in [6.45, 7) is -0.902. The van der Waals surface area contributed by atoms with Gasteiger partial charge in [-0.15, -0.1) is 0 Å². The highest BCUT2D eigenvalue weighted by molar-refractivity contribution is 5.91. The number of anilines is 1. The standard InChI is InChI=1S/C15H14F2N2O2.ClH/c1-11-6-8-19(9-7-11)10-14(20)18-12-4-2-3-5-13(12)21-15(16)17;/h2-9,15H,10H2,1H3;1H. The normalized spacial score (nSPS) is 10.0. The quantitative estimate of drug-likeness (QED) is 0.754. The number of aromatic nitrogens is 1. The lowest BCUT2D eigenvalue weighted by molar-refractivity contribution is -0.684. The number of alkyl halides is 2. The van der Waals surface area contributed by atoms with Crippen molar-refractivity contribution >= 4 is 11.6 Å². The molecule has 1 N–H and O–H groups in total. The van der Waals surface area contributed by atoms with Crippen molar-refractivity contribution in [3.63, 3.8) is 0 Å². The lowest BCUT2D eigenvalue weighted by atomic mass is 10.3. The first kappa shape index (κ1) is 17.8. The molecule has 2 rings (SSSR count). The average molecular weight is 329 g/mol. The number of halogens is 3. The van der Waals surface area contributed by atoms with Crippen molar-refractivity contribution in [2.75, 3.05) is 5.32 Å². The van der Waals surface area contributed by atoms with Crippen LogP contribution >= 0.6 is 0 Å². The minimum absolute atomic E-state index is 0. The molecule has 1 aromatic carbocycles. The van der Waals surface area contributed by atoms with Gasteiger partial charge < -0.3 is 22.5 Å². The van der Waals surface area contributed by atoms with Crippen molar-refractivity contribution in [3.8, 4) is 5.75 Å². The zero-order valence-electron chi connectivity index (χ0n) is 11.8. The number of para-hydroxylation sites is 2. The molecular formula is C15H15ClF2N2O2. The molecule has 1 heterocycles. The molecule has 0 atom stereocenters. The maximum Gasteiger partial charge on any atom is 0.387 e. The molecule has 2 aromatic rings. The third-order valence-corrected chi connectivity index (χ3v) is 2.76. The van der Waals surface area contributed by atoms with E-state index >= 15 is 0 Å². The van der Waals surface area contributed by atoms with Gasteiger partial charge in [0, 0.05) is 12.1 Å². The maximum atomic E-state index is 12.3. The van der Waals surface area contributed by atoms with Crippen LogP contribution in [0.4, 0.5) is 14.5 Å². The van der Waals surface area contributed by atoms with Crippen molar-refractivity contribution in [2.45, 2.75) is 20.1 Å². The first-order valence-corrected chi connectivity index (χ1v) is 6.34. The number of carbonyl (C=O) groups excluding carboxylic acids is 1. The molecule has 7 heteroatoms. The Balaban J connectivity index is 0.00000242. The van der Waals surface area contributed by atoms with Crippen LogP contribution in [0, 0.1) is 6.92 Å². The zero-order valence-corrected chi connectivity index (χ0v) is 12.6. The molecule has 4 nitrogen and oxygen atoms in total. The summed E-state index contributed by atoms with van der Waals surface area (Å²) in [6.07, 6.45) is 3.55. The van der Waals surface area contributed by atoms with E-state index in [4.69, 9.17) is 0 Å². The van der Waals surface area contributed by atoms with E-state index in [0.29, 0.717) is 0 Å². The van der Waals surface area contributed by atoms with E-state index in [1.165, 1.54) is 12.1 Å². The topological polar surface area (TPSA) is 42.2 Å². The lowest BCUT2D eigenvalue weighted by Gasteiger charge is -2.10. The van der Waals surface area contributed by atoms with Gasteiger partial charge in [0.25, 0.3) is 5.91 Å². The number of hydrogen-bond acceptors (Lipinski definition) is 2. The second kappa shape index (κ2) is 8.29. The molecule has 0 radical (unpaired) electrons. The molecule has 22 heavy (non-hydrogen) atoms. The number of nitrogens with zero attached hydrogens (tertiary/aromatic N) is 1. The summed E-state index contributed by atoms with van der Waals surface area (Å²) in [5.41, 5.74) is 1.30. The Morgan fingerprint density at radius 2 is 1.86 bits per heavy atom. The Kier molecular flexibility index (Phi) is 6.72. The molecule has 0 unspecified atom stereocenters. The lowest BCUT2D eigenvalue weighted by Crippen LogP contribution is -3.00. The Morgan fingerprint density at radius 1 is 1.23 bits per heavy atom. The number of nitrogens with one attached hydrogen (secondary N) is 1. The van der Waals surface area contributed by atoms with E-state index in [0.717, 1.165) is 5.56 Å². The molecule has 0 spiro atoms. The number of aryl methyl sites for hydroxylation is 1. The zero-order chi connectivity index (χ0) is 15.2. The minimum Gasteiger partial charge on any atom is -1.00 e. The molecule has 0 fully saturated rings. The van der Waals surface area contributed by atoms with E-state index in [1.807, 2.05) is 19.1 Å². The fourth-order valence-electron chi connectivity index (χ4n) is 1.76. The van der Waals surface area contributed by atoms with E-state index in [-0.39, 0.29) is 36.3 Å². The van der Waals surface area contributed by atoms with Crippen molar-refractivity contribution in [2.24, 2.45) is 0 Å². The fourth-order valence-corrected chi connectivity index (χ4v) is 1.76. The van der Waals surface area contributed by atoms with Crippen molar-refractivity contribution in [1.82, 2.24) is 0 Å². The summed E-state index contributed by atoms with van der Waals surface area (Å²) in [5.74, 6) is -0.385. The van der Waals surface area contributed by atoms with Crippen LogP contribution in [0.1, 0.15) is 5.56 Å². The van der Waals surface area contributed by atoms with Gasteiger partial charge in [-0.1, -0.05) is 12.1 Å². The smallest absolute Gasteiger partial charge is 0.387 e. The number of ether oxygens (including phenoxy) is 1. The molecule has 1 amide bonds. The van der Waals surface area contributed by atoms with Crippen LogP contribution < -0.4 is 27.0 Å². The highest BCUT2D eigenvalue weighted by Crippen LogP contribution is 2.25. The fraction of sp³-hybridized carbons (Fsp3) is 0.200. The molecule has 0 bridgehead atoms.